The van der Waals surface area contributed by atoms with E-state index in [9.17, 15) is 9.90 Å². The van der Waals surface area contributed by atoms with Gasteiger partial charge in [-0.05, 0) is 89.9 Å². The van der Waals surface area contributed by atoms with E-state index in [4.69, 9.17) is 14.2 Å². The zero-order chi connectivity index (χ0) is 23.9. The Morgan fingerprint density at radius 1 is 1.15 bits per heavy atom. The van der Waals surface area contributed by atoms with Crippen molar-refractivity contribution < 1.29 is 24.1 Å². The predicted molar refractivity (Wildman–Crippen MR) is 135 cm³/mol. The van der Waals surface area contributed by atoms with Crippen LogP contribution in [0.3, 0.4) is 0 Å². The van der Waals surface area contributed by atoms with Gasteiger partial charge in [0.25, 0.3) is 0 Å². The first-order valence-corrected chi connectivity index (χ1v) is 12.9. The molecule has 2 atom stereocenters. The lowest BCUT2D eigenvalue weighted by Crippen LogP contribution is -2.35. The van der Waals surface area contributed by atoms with Gasteiger partial charge in [0.2, 0.25) is 0 Å². The lowest BCUT2D eigenvalue weighted by molar-refractivity contribution is -0.112. The number of aliphatic hydroxyl groups excluding tert-OH is 1. The van der Waals surface area contributed by atoms with E-state index >= 15 is 0 Å². The summed E-state index contributed by atoms with van der Waals surface area (Å²) in [6.45, 7) is 4.49. The van der Waals surface area contributed by atoms with Crippen LogP contribution in [0.15, 0.2) is 40.9 Å². The number of carbonyl (C=O) groups excluding carboxylic acids is 1. The minimum atomic E-state index is -0.766. The fourth-order valence-corrected chi connectivity index (χ4v) is 5.21. The van der Waals surface area contributed by atoms with E-state index in [1.807, 2.05) is 12.1 Å². The Hall–Kier alpha value is -1.93. The number of halogens is 1. The number of benzene rings is 2. The average molecular weight is 532 g/mol. The first kappa shape index (κ1) is 25.2. The molecule has 2 aliphatic heterocycles. The largest absolute Gasteiger partial charge is 0.491 e. The molecule has 1 fully saturated rings. The monoisotopic (exact) mass is 531 g/mol. The number of piperidine rings is 1. The summed E-state index contributed by atoms with van der Waals surface area (Å²) in [4.78, 5) is 14.0. The van der Waals surface area contributed by atoms with Crippen molar-refractivity contribution in [2.45, 2.75) is 37.7 Å². The van der Waals surface area contributed by atoms with E-state index in [-0.39, 0.29) is 6.61 Å². The van der Waals surface area contributed by atoms with Gasteiger partial charge in [-0.1, -0.05) is 18.2 Å². The first-order valence-electron chi connectivity index (χ1n) is 12.1. The maximum absolute atomic E-state index is 11.5. The second-order valence-corrected chi connectivity index (χ2v) is 10.1. The van der Waals surface area contributed by atoms with Gasteiger partial charge in [0.15, 0.2) is 0 Å². The molecule has 2 aromatic carbocycles. The van der Waals surface area contributed by atoms with Gasteiger partial charge in [0.1, 0.15) is 37.1 Å². The lowest BCUT2D eigenvalue weighted by atomic mass is 9.89. The Bertz CT molecular complexity index is 960. The number of fused-ring (bicyclic) bond motifs is 1. The maximum atomic E-state index is 11.5. The highest BCUT2D eigenvalue weighted by molar-refractivity contribution is 9.10. The second-order valence-electron chi connectivity index (χ2n) is 9.26. The molecule has 2 aliphatic rings. The van der Waals surface area contributed by atoms with E-state index in [1.54, 1.807) is 7.11 Å². The molecular weight excluding hydrogens is 498 g/mol. The Morgan fingerprint density at radius 3 is 2.71 bits per heavy atom. The highest BCUT2D eigenvalue weighted by Gasteiger charge is 2.29. The molecule has 0 bridgehead atoms. The maximum Gasteiger partial charge on any atom is 0.133 e. The molecular formula is C27H34BrNO5. The van der Waals surface area contributed by atoms with E-state index in [0.29, 0.717) is 24.9 Å². The van der Waals surface area contributed by atoms with Crippen molar-refractivity contribution in [1.82, 2.24) is 4.90 Å². The Balaban J connectivity index is 1.25. The van der Waals surface area contributed by atoms with Gasteiger partial charge in [-0.25, -0.2) is 0 Å². The molecule has 0 amide bonds. The van der Waals surface area contributed by atoms with Crippen molar-refractivity contribution in [3.63, 3.8) is 0 Å². The van der Waals surface area contributed by atoms with Crippen molar-refractivity contribution in [3.8, 4) is 11.5 Å². The third kappa shape index (κ3) is 6.39. The molecule has 2 heterocycles. The minimum absolute atomic E-state index is 0.174. The van der Waals surface area contributed by atoms with Crippen LogP contribution in [0.2, 0.25) is 0 Å². The SMILES string of the molecule is COCCOc1cc(CC2CCN(CCc3ccc4c(c3)C(C=O)C(O)CO4)CC2)ccc1Br. The normalized spacial score (nSPS) is 21.0. The van der Waals surface area contributed by atoms with E-state index in [0.717, 1.165) is 54.5 Å². The Kier molecular flexibility index (Phi) is 9.00. The third-order valence-corrected chi connectivity index (χ3v) is 7.55. The zero-order valence-corrected chi connectivity index (χ0v) is 21.3. The van der Waals surface area contributed by atoms with Gasteiger partial charge in [-0.3, -0.25) is 0 Å². The van der Waals surface area contributed by atoms with E-state index in [1.165, 1.54) is 24.0 Å². The summed E-state index contributed by atoms with van der Waals surface area (Å²) >= 11 is 3.57. The summed E-state index contributed by atoms with van der Waals surface area (Å²) in [7, 11) is 1.68. The van der Waals surface area contributed by atoms with Crippen LogP contribution in [0.4, 0.5) is 0 Å². The molecule has 0 saturated carbocycles. The Labute approximate surface area is 210 Å². The molecule has 0 aliphatic carbocycles. The van der Waals surface area contributed by atoms with Crippen LogP contribution in [-0.4, -0.2) is 69.0 Å². The third-order valence-electron chi connectivity index (χ3n) is 6.89. The van der Waals surface area contributed by atoms with Crippen LogP contribution >= 0.6 is 15.9 Å². The van der Waals surface area contributed by atoms with Crippen LogP contribution in [0.1, 0.15) is 35.4 Å². The van der Waals surface area contributed by atoms with Crippen molar-refractivity contribution in [3.05, 3.63) is 57.6 Å². The minimum Gasteiger partial charge on any atom is -0.491 e. The number of aliphatic hydroxyl groups is 1. The summed E-state index contributed by atoms with van der Waals surface area (Å²) in [5, 5.41) is 10.1. The molecule has 2 unspecified atom stereocenters. The summed E-state index contributed by atoms with van der Waals surface area (Å²) in [6, 6.07) is 12.4. The van der Waals surface area contributed by atoms with Crippen LogP contribution in [0.25, 0.3) is 0 Å². The van der Waals surface area contributed by atoms with Gasteiger partial charge in [0, 0.05) is 19.2 Å². The van der Waals surface area contributed by atoms with Gasteiger partial charge in [-0.2, -0.15) is 0 Å². The fourth-order valence-electron chi connectivity index (χ4n) is 4.85. The molecule has 0 spiro atoms. The van der Waals surface area contributed by atoms with Crippen LogP contribution < -0.4 is 9.47 Å². The molecule has 1 N–H and O–H groups in total. The number of aldehydes is 1. The standard InChI is InChI=1S/C27H34BrNO5/c1-32-12-13-33-27-16-21(2-4-24(27)28)14-20-7-10-29(11-8-20)9-6-19-3-5-26-22(15-19)23(17-30)25(31)18-34-26/h2-5,15-17,20,23,25,31H,6-14,18H2,1H3. The molecule has 2 aromatic rings. The zero-order valence-electron chi connectivity index (χ0n) is 19.7. The second kappa shape index (κ2) is 12.2. The summed E-state index contributed by atoms with van der Waals surface area (Å²) in [5.41, 5.74) is 3.31. The fraction of sp³-hybridized carbons (Fsp3) is 0.519. The Morgan fingerprint density at radius 2 is 1.94 bits per heavy atom. The van der Waals surface area contributed by atoms with Gasteiger partial charge < -0.3 is 29.0 Å². The molecule has 184 valence electrons. The van der Waals surface area contributed by atoms with Gasteiger partial charge in [0.05, 0.1) is 17.0 Å². The number of hydrogen-bond acceptors (Lipinski definition) is 6. The van der Waals surface area contributed by atoms with Gasteiger partial charge >= 0.3 is 0 Å². The number of nitrogens with zero attached hydrogens (tertiary/aromatic N) is 1. The molecule has 0 aromatic heterocycles. The molecule has 4 rings (SSSR count). The van der Waals surface area contributed by atoms with E-state index < -0.39 is 12.0 Å². The molecule has 1 saturated heterocycles. The summed E-state index contributed by atoms with van der Waals surface area (Å²) in [6.07, 6.45) is 4.44. The molecule has 0 radical (unpaired) electrons. The quantitative estimate of drug-likeness (QED) is 0.369. The number of ether oxygens (including phenoxy) is 3. The van der Waals surface area contributed by atoms with Gasteiger partial charge in [-0.15, -0.1) is 0 Å². The van der Waals surface area contributed by atoms with Crippen molar-refractivity contribution >= 4 is 22.2 Å². The smallest absolute Gasteiger partial charge is 0.133 e. The van der Waals surface area contributed by atoms with Crippen LogP contribution in [0, 0.1) is 5.92 Å². The van der Waals surface area contributed by atoms with E-state index in [2.05, 4.69) is 45.1 Å². The van der Waals surface area contributed by atoms with Crippen molar-refractivity contribution in [2.24, 2.45) is 5.92 Å². The number of carbonyl (C=O) groups is 1. The molecule has 34 heavy (non-hydrogen) atoms. The number of likely N-dealkylation sites (tertiary alicyclic amines) is 1. The molecule has 6 nitrogen and oxygen atoms in total. The molecule has 7 heteroatoms. The number of rotatable bonds is 10. The first-order chi connectivity index (χ1) is 16.6. The predicted octanol–water partition coefficient (Wildman–Crippen LogP) is 4.01. The highest BCUT2D eigenvalue weighted by atomic mass is 79.9. The number of methoxy groups -OCH3 is 1. The summed E-state index contributed by atoms with van der Waals surface area (Å²) < 4.78 is 17.5. The lowest BCUT2D eigenvalue weighted by Gasteiger charge is -2.32. The topological polar surface area (TPSA) is 68.2 Å². The number of hydrogen-bond donors (Lipinski definition) is 1. The van der Waals surface area contributed by atoms with Crippen LogP contribution in [-0.2, 0) is 22.4 Å². The average Bonchev–Trinajstić information content (AvgIpc) is 2.85. The highest BCUT2D eigenvalue weighted by Crippen LogP contribution is 2.34. The van der Waals surface area contributed by atoms with Crippen molar-refractivity contribution in [1.29, 1.82) is 0 Å². The summed E-state index contributed by atoms with van der Waals surface area (Å²) in [5.74, 6) is 1.78. The van der Waals surface area contributed by atoms with Crippen molar-refractivity contribution in [2.75, 3.05) is 46.6 Å². The van der Waals surface area contributed by atoms with Crippen LogP contribution in [0.5, 0.6) is 11.5 Å².